The van der Waals surface area contributed by atoms with Crippen molar-refractivity contribution in [2.24, 2.45) is 11.3 Å². The minimum absolute atomic E-state index is 0.0157. The van der Waals surface area contributed by atoms with E-state index in [1.807, 2.05) is 6.92 Å². The molecule has 0 aromatic heterocycles. The van der Waals surface area contributed by atoms with Gasteiger partial charge in [0, 0.05) is 18.4 Å². The molecule has 4 nitrogen and oxygen atoms in total. The van der Waals surface area contributed by atoms with E-state index in [1.165, 1.54) is 16.7 Å². The first-order valence-corrected chi connectivity index (χ1v) is 13.0. The van der Waals surface area contributed by atoms with Gasteiger partial charge >= 0.3 is 0 Å². The molecular formula is C30H50O4. The van der Waals surface area contributed by atoms with Crippen molar-refractivity contribution in [1.82, 2.24) is 0 Å². The Morgan fingerprint density at radius 3 is 2.29 bits per heavy atom. The maximum absolute atomic E-state index is 11.6. The highest BCUT2D eigenvalue weighted by Gasteiger charge is 2.63. The summed E-state index contributed by atoms with van der Waals surface area (Å²) in [4.78, 5) is 0. The topological polar surface area (TPSA) is 47.9 Å². The zero-order chi connectivity index (χ0) is 25.6. The highest BCUT2D eigenvalue weighted by atomic mass is 16.7. The van der Waals surface area contributed by atoms with Crippen molar-refractivity contribution >= 4 is 0 Å². The van der Waals surface area contributed by atoms with E-state index < -0.39 is 11.2 Å². The predicted octanol–water partition coefficient (Wildman–Crippen LogP) is 7.30. The van der Waals surface area contributed by atoms with Crippen molar-refractivity contribution in [1.29, 1.82) is 0 Å². The Morgan fingerprint density at radius 2 is 1.68 bits per heavy atom. The largest absolute Gasteiger partial charge is 0.385 e. The Kier molecular flexibility index (Phi) is 10.4. The van der Waals surface area contributed by atoms with Gasteiger partial charge in [0.2, 0.25) is 0 Å². The fourth-order valence-electron chi connectivity index (χ4n) is 5.84. The number of ether oxygens (including phenoxy) is 3. The van der Waals surface area contributed by atoms with Gasteiger partial charge in [-0.25, -0.2) is 0 Å². The monoisotopic (exact) mass is 474 g/mol. The fourth-order valence-corrected chi connectivity index (χ4v) is 5.84. The van der Waals surface area contributed by atoms with Crippen LogP contribution < -0.4 is 0 Å². The van der Waals surface area contributed by atoms with Gasteiger partial charge in [0.25, 0.3) is 0 Å². The first-order valence-electron chi connectivity index (χ1n) is 13.0. The summed E-state index contributed by atoms with van der Waals surface area (Å²) in [6.07, 6.45) is 13.5. The molecule has 1 saturated heterocycles. The fraction of sp³-hybridized carbons (Fsp3) is 0.733. The Balaban J connectivity index is 2.11. The molecule has 194 valence electrons. The van der Waals surface area contributed by atoms with Gasteiger partial charge in [0.05, 0.1) is 23.9 Å². The van der Waals surface area contributed by atoms with Crippen molar-refractivity contribution in [3.05, 3.63) is 47.1 Å². The van der Waals surface area contributed by atoms with Crippen molar-refractivity contribution in [2.45, 2.75) is 111 Å². The highest BCUT2D eigenvalue weighted by Crippen LogP contribution is 2.59. The second-order valence-corrected chi connectivity index (χ2v) is 11.5. The van der Waals surface area contributed by atoms with Gasteiger partial charge < -0.3 is 19.3 Å². The number of hydrogen-bond donors (Lipinski definition) is 1. The van der Waals surface area contributed by atoms with E-state index in [2.05, 4.69) is 66.3 Å². The molecule has 34 heavy (non-hydrogen) atoms. The standard InChI is InChI=1S/C30H50O4/c1-22(2)12-10-13-24(5)14-11-15-25(6)18-26-19-28(7)27(20-33-26)30(31,23(3)4)17-16-29(28,8)34-21-32-9/h12,14,18,26-27,31H,3,10-11,13,15-17,19-21H2,1-2,4-9H3/b24-14+,25-18+/t26-,27-,28+,29+,30-/m1/s1. The number of aliphatic hydroxyl groups is 1. The summed E-state index contributed by atoms with van der Waals surface area (Å²) in [6, 6.07) is 0. The lowest BCUT2D eigenvalue weighted by Crippen LogP contribution is -2.66. The number of methoxy groups -OCH3 is 1. The zero-order valence-electron chi connectivity index (χ0n) is 23.1. The SMILES string of the molecule is C=C(C)[C@]1(O)CC[C@](C)(OCOC)[C@@]2(C)C[C@@H](/C=C(\C)CC/C=C(\C)CCC=C(C)C)OC[C@@H]12. The van der Waals surface area contributed by atoms with Crippen LogP contribution in [0.25, 0.3) is 0 Å². The molecule has 2 rings (SSSR count). The quantitative estimate of drug-likeness (QED) is 0.252. The van der Waals surface area contributed by atoms with Crippen LogP contribution in [0.4, 0.5) is 0 Å². The van der Waals surface area contributed by atoms with Crippen molar-refractivity contribution in [2.75, 3.05) is 20.5 Å². The van der Waals surface area contributed by atoms with Crippen LogP contribution in [0, 0.1) is 11.3 Å². The summed E-state index contributed by atoms with van der Waals surface area (Å²) in [7, 11) is 1.66. The summed E-state index contributed by atoms with van der Waals surface area (Å²) in [5.74, 6) is -0.0653. The Labute approximate surface area is 209 Å². The highest BCUT2D eigenvalue weighted by molar-refractivity contribution is 5.23. The molecule has 2 aliphatic rings. The summed E-state index contributed by atoms with van der Waals surface area (Å²) >= 11 is 0. The van der Waals surface area contributed by atoms with E-state index >= 15 is 0 Å². The Hall–Kier alpha value is -1.20. The molecule has 1 aliphatic heterocycles. The molecule has 1 heterocycles. The third-order valence-electron chi connectivity index (χ3n) is 8.47. The van der Waals surface area contributed by atoms with E-state index in [1.54, 1.807) is 7.11 Å². The summed E-state index contributed by atoms with van der Waals surface area (Å²) in [5.41, 5.74) is 3.43. The molecule has 0 bridgehead atoms. The number of fused-ring (bicyclic) bond motifs is 1. The van der Waals surface area contributed by atoms with Gasteiger partial charge in [-0.3, -0.25) is 0 Å². The van der Waals surface area contributed by atoms with Crippen LogP contribution in [0.2, 0.25) is 0 Å². The molecule has 0 aromatic rings. The molecule has 0 unspecified atom stereocenters. The normalized spacial score (nSPS) is 34.5. The Bertz CT molecular complexity index is 790. The average molecular weight is 475 g/mol. The van der Waals surface area contributed by atoms with Crippen molar-refractivity contribution in [3.8, 4) is 0 Å². The van der Waals surface area contributed by atoms with Crippen LogP contribution in [-0.2, 0) is 14.2 Å². The molecule has 0 aromatic carbocycles. The number of allylic oxidation sites excluding steroid dienone is 5. The predicted molar refractivity (Wildman–Crippen MR) is 142 cm³/mol. The van der Waals surface area contributed by atoms with Gasteiger partial charge in [0.1, 0.15) is 6.79 Å². The Morgan fingerprint density at radius 1 is 1.03 bits per heavy atom. The van der Waals surface area contributed by atoms with Crippen LogP contribution in [0.3, 0.4) is 0 Å². The van der Waals surface area contributed by atoms with Crippen LogP contribution in [0.1, 0.15) is 93.4 Å². The summed E-state index contributed by atoms with van der Waals surface area (Å²) in [5, 5.41) is 11.6. The lowest BCUT2D eigenvalue weighted by atomic mass is 9.50. The molecule has 1 aliphatic carbocycles. The second kappa shape index (κ2) is 12.2. The maximum atomic E-state index is 11.6. The van der Waals surface area contributed by atoms with Crippen LogP contribution in [-0.4, -0.2) is 42.9 Å². The molecule has 2 fully saturated rings. The summed E-state index contributed by atoms with van der Waals surface area (Å²) in [6.45, 7) is 20.0. The van der Waals surface area contributed by atoms with E-state index in [0.717, 1.165) is 44.1 Å². The third kappa shape index (κ3) is 6.72. The van der Waals surface area contributed by atoms with E-state index in [0.29, 0.717) is 13.0 Å². The minimum atomic E-state index is -0.928. The van der Waals surface area contributed by atoms with Gasteiger partial charge in [-0.15, -0.1) is 0 Å². The van der Waals surface area contributed by atoms with Gasteiger partial charge in [0.15, 0.2) is 0 Å². The van der Waals surface area contributed by atoms with E-state index in [4.69, 9.17) is 14.2 Å². The third-order valence-corrected chi connectivity index (χ3v) is 8.47. The molecule has 1 saturated carbocycles. The first-order chi connectivity index (χ1) is 15.9. The number of hydrogen-bond acceptors (Lipinski definition) is 4. The van der Waals surface area contributed by atoms with Gasteiger partial charge in [-0.2, -0.15) is 0 Å². The molecule has 5 atom stereocenters. The number of rotatable bonds is 11. The lowest BCUT2D eigenvalue weighted by molar-refractivity contribution is -0.273. The van der Waals surface area contributed by atoms with Crippen molar-refractivity contribution in [3.63, 3.8) is 0 Å². The molecule has 0 spiro atoms. The van der Waals surface area contributed by atoms with E-state index in [9.17, 15) is 5.11 Å². The maximum Gasteiger partial charge on any atom is 0.147 e. The second-order valence-electron chi connectivity index (χ2n) is 11.5. The summed E-state index contributed by atoms with van der Waals surface area (Å²) < 4.78 is 17.9. The average Bonchev–Trinajstić information content (AvgIpc) is 2.75. The van der Waals surface area contributed by atoms with Gasteiger partial charge in [-0.1, -0.05) is 48.5 Å². The molecular weight excluding hydrogens is 424 g/mol. The smallest absolute Gasteiger partial charge is 0.147 e. The first kappa shape index (κ1) is 29.0. The molecule has 1 N–H and O–H groups in total. The zero-order valence-corrected chi connectivity index (χ0v) is 23.1. The van der Waals surface area contributed by atoms with Crippen LogP contribution in [0.15, 0.2) is 47.1 Å². The van der Waals surface area contributed by atoms with Gasteiger partial charge in [-0.05, 0) is 92.1 Å². The van der Waals surface area contributed by atoms with E-state index in [-0.39, 0.29) is 24.2 Å². The molecule has 0 radical (unpaired) electrons. The molecule has 4 heteroatoms. The van der Waals surface area contributed by atoms with Crippen molar-refractivity contribution < 1.29 is 19.3 Å². The van der Waals surface area contributed by atoms with Crippen LogP contribution in [0.5, 0.6) is 0 Å². The molecule has 0 amide bonds. The minimum Gasteiger partial charge on any atom is -0.385 e. The van der Waals surface area contributed by atoms with Crippen LogP contribution >= 0.6 is 0 Å². The lowest BCUT2D eigenvalue weighted by Gasteiger charge is -2.62.